The second-order valence-electron chi connectivity index (χ2n) is 8.87. The van der Waals surface area contributed by atoms with E-state index in [4.69, 9.17) is 9.47 Å². The molecule has 0 saturated heterocycles. The van der Waals surface area contributed by atoms with Crippen LogP contribution in [0.1, 0.15) is 49.1 Å². The summed E-state index contributed by atoms with van der Waals surface area (Å²) in [6, 6.07) is 19.1. The first-order chi connectivity index (χ1) is 14.4. The Kier molecular flexibility index (Phi) is 4.18. The highest BCUT2D eigenvalue weighted by Crippen LogP contribution is 2.53. The van der Waals surface area contributed by atoms with Crippen LogP contribution in [-0.4, -0.2) is 12.6 Å². The maximum absolute atomic E-state index is 6.66. The zero-order valence-electron chi connectivity index (χ0n) is 18.2. The van der Waals surface area contributed by atoms with E-state index in [-0.39, 0.29) is 11.6 Å². The fraction of sp³-hybridized carbons (Fsp3) is 0.259. The van der Waals surface area contributed by atoms with Gasteiger partial charge in [-0.15, -0.1) is 0 Å². The largest absolute Gasteiger partial charge is 0.496 e. The maximum Gasteiger partial charge on any atom is 0.150 e. The molecule has 2 aliphatic heterocycles. The smallest absolute Gasteiger partial charge is 0.150 e. The third kappa shape index (κ3) is 2.88. The van der Waals surface area contributed by atoms with Gasteiger partial charge in [0.15, 0.2) is 6.10 Å². The van der Waals surface area contributed by atoms with Crippen LogP contribution in [0.15, 0.2) is 60.7 Å². The molecule has 0 bridgehead atoms. The Morgan fingerprint density at radius 3 is 2.43 bits per heavy atom. The molecule has 30 heavy (non-hydrogen) atoms. The van der Waals surface area contributed by atoms with E-state index in [9.17, 15) is 0 Å². The first-order valence-electron chi connectivity index (χ1n) is 10.4. The number of rotatable bonds is 2. The van der Waals surface area contributed by atoms with E-state index in [1.807, 2.05) is 18.2 Å². The molecular weight excluding hydrogens is 370 g/mol. The Morgan fingerprint density at radius 2 is 1.70 bits per heavy atom. The van der Waals surface area contributed by atoms with Crippen LogP contribution in [-0.2, 0) is 0 Å². The molecule has 0 radical (unpaired) electrons. The van der Waals surface area contributed by atoms with Crippen molar-refractivity contribution in [3.63, 3.8) is 0 Å². The molecule has 2 heterocycles. The second-order valence-corrected chi connectivity index (χ2v) is 8.87. The van der Waals surface area contributed by atoms with E-state index in [0.29, 0.717) is 0 Å². The van der Waals surface area contributed by atoms with E-state index in [1.165, 1.54) is 27.8 Å². The van der Waals surface area contributed by atoms with E-state index < -0.39 is 0 Å². The van der Waals surface area contributed by atoms with Crippen molar-refractivity contribution in [3.05, 3.63) is 82.9 Å². The number of hydrogen-bond acceptors (Lipinski definition) is 3. The molecule has 3 heteroatoms. The predicted molar refractivity (Wildman–Crippen MR) is 123 cm³/mol. The predicted octanol–water partition coefficient (Wildman–Crippen LogP) is 6.76. The number of ether oxygens (including phenoxy) is 2. The molecule has 0 aliphatic carbocycles. The van der Waals surface area contributed by atoms with Crippen molar-refractivity contribution in [2.45, 2.75) is 39.3 Å². The minimum atomic E-state index is -0.179. The topological polar surface area (TPSA) is 30.5 Å². The van der Waals surface area contributed by atoms with Crippen LogP contribution in [0.2, 0.25) is 0 Å². The zero-order chi connectivity index (χ0) is 21.0. The van der Waals surface area contributed by atoms with Crippen molar-refractivity contribution in [1.82, 2.24) is 0 Å². The van der Waals surface area contributed by atoms with Crippen molar-refractivity contribution in [3.8, 4) is 22.6 Å². The summed E-state index contributed by atoms with van der Waals surface area (Å²) < 4.78 is 12.4. The third-order valence-corrected chi connectivity index (χ3v) is 6.04. The lowest BCUT2D eigenvalue weighted by molar-refractivity contribution is 0.242. The number of hydrogen-bond donors (Lipinski definition) is 1. The number of methoxy groups -OCH3 is 1. The van der Waals surface area contributed by atoms with Gasteiger partial charge in [0.25, 0.3) is 0 Å². The summed E-state index contributed by atoms with van der Waals surface area (Å²) in [7, 11) is 1.72. The number of aryl methyl sites for hydroxylation is 1. The Bertz CT molecular complexity index is 1170. The van der Waals surface area contributed by atoms with Crippen LogP contribution in [0.5, 0.6) is 11.5 Å². The van der Waals surface area contributed by atoms with Crippen molar-refractivity contribution >= 4 is 11.3 Å². The molecule has 152 valence electrons. The minimum absolute atomic E-state index is 0.0875. The monoisotopic (exact) mass is 397 g/mol. The van der Waals surface area contributed by atoms with Gasteiger partial charge in [0.05, 0.1) is 18.2 Å². The van der Waals surface area contributed by atoms with Crippen LogP contribution >= 0.6 is 0 Å². The number of fused-ring (bicyclic) bond motifs is 5. The summed E-state index contributed by atoms with van der Waals surface area (Å²) in [5.41, 5.74) is 9.36. The Balaban J connectivity index is 1.82. The van der Waals surface area contributed by atoms with Gasteiger partial charge in [-0.25, -0.2) is 0 Å². The molecule has 0 amide bonds. The first kappa shape index (κ1) is 18.8. The normalized spacial score (nSPS) is 18.2. The van der Waals surface area contributed by atoms with Crippen molar-refractivity contribution in [2.24, 2.45) is 0 Å². The van der Waals surface area contributed by atoms with Crippen molar-refractivity contribution < 1.29 is 9.47 Å². The van der Waals surface area contributed by atoms with Crippen LogP contribution in [0, 0.1) is 6.92 Å². The molecule has 1 unspecified atom stereocenters. The van der Waals surface area contributed by atoms with Gasteiger partial charge in [-0.05, 0) is 62.6 Å². The summed E-state index contributed by atoms with van der Waals surface area (Å²) in [6.07, 6.45) is 2.13. The van der Waals surface area contributed by atoms with Crippen LogP contribution in [0.4, 0.5) is 5.69 Å². The minimum Gasteiger partial charge on any atom is -0.496 e. The molecule has 3 nitrogen and oxygen atoms in total. The molecule has 3 aromatic rings. The van der Waals surface area contributed by atoms with E-state index in [1.54, 1.807) is 7.11 Å². The molecule has 1 N–H and O–H groups in total. The molecule has 3 aromatic carbocycles. The van der Waals surface area contributed by atoms with E-state index in [2.05, 4.69) is 75.5 Å². The highest BCUT2D eigenvalue weighted by molar-refractivity contribution is 5.91. The number of allylic oxidation sites excluding steroid dienone is 1. The summed E-state index contributed by atoms with van der Waals surface area (Å²) in [5.74, 6) is 1.69. The van der Waals surface area contributed by atoms with Gasteiger partial charge in [-0.1, -0.05) is 48.0 Å². The SMILES string of the molecule is COc1cccc2c1-c1ccc3c(c1C(c1ccc(C)cc1)O2)C(C)=CC(C)(C)N3. The molecular formula is C27H27NO2. The summed E-state index contributed by atoms with van der Waals surface area (Å²) in [5, 5.41) is 3.69. The van der Waals surface area contributed by atoms with Crippen LogP contribution < -0.4 is 14.8 Å². The lowest BCUT2D eigenvalue weighted by Crippen LogP contribution is -2.32. The van der Waals surface area contributed by atoms with Gasteiger partial charge in [0.2, 0.25) is 0 Å². The summed E-state index contributed by atoms with van der Waals surface area (Å²) in [4.78, 5) is 0. The van der Waals surface area contributed by atoms with Crippen LogP contribution in [0.3, 0.4) is 0 Å². The second kappa shape index (κ2) is 6.66. The quantitative estimate of drug-likeness (QED) is 0.518. The van der Waals surface area contributed by atoms with Gasteiger partial charge in [0.1, 0.15) is 11.5 Å². The average molecular weight is 398 g/mol. The third-order valence-electron chi connectivity index (χ3n) is 6.04. The molecule has 0 aromatic heterocycles. The summed E-state index contributed by atoms with van der Waals surface area (Å²) >= 11 is 0. The Hall–Kier alpha value is -3.20. The van der Waals surface area contributed by atoms with Gasteiger partial charge in [-0.2, -0.15) is 0 Å². The van der Waals surface area contributed by atoms with Crippen molar-refractivity contribution in [2.75, 3.05) is 12.4 Å². The standard InChI is InChI=1S/C27H27NO2/c1-16-9-11-18(12-10-16)26-25-19(24-21(29-5)7-6-8-22(24)30-26)13-14-20-23(25)17(2)15-27(3,4)28-20/h6-15,26,28H,1-5H3. The highest BCUT2D eigenvalue weighted by Gasteiger charge is 2.35. The average Bonchev–Trinajstić information content (AvgIpc) is 2.71. The molecule has 0 fully saturated rings. The highest BCUT2D eigenvalue weighted by atomic mass is 16.5. The number of anilines is 1. The van der Waals surface area contributed by atoms with Crippen molar-refractivity contribution in [1.29, 1.82) is 0 Å². The fourth-order valence-electron chi connectivity index (χ4n) is 4.84. The van der Waals surface area contributed by atoms with Gasteiger partial charge in [-0.3, -0.25) is 0 Å². The lowest BCUT2D eigenvalue weighted by Gasteiger charge is -2.37. The first-order valence-corrected chi connectivity index (χ1v) is 10.4. The Labute approximate surface area is 178 Å². The van der Waals surface area contributed by atoms with Gasteiger partial charge < -0.3 is 14.8 Å². The van der Waals surface area contributed by atoms with Crippen LogP contribution in [0.25, 0.3) is 16.7 Å². The number of nitrogens with one attached hydrogen (secondary N) is 1. The molecule has 5 rings (SSSR count). The molecule has 2 aliphatic rings. The molecule has 1 atom stereocenters. The fourth-order valence-corrected chi connectivity index (χ4v) is 4.84. The molecule has 0 saturated carbocycles. The van der Waals surface area contributed by atoms with E-state index >= 15 is 0 Å². The number of benzene rings is 3. The lowest BCUT2D eigenvalue weighted by atomic mass is 9.80. The maximum atomic E-state index is 6.66. The summed E-state index contributed by atoms with van der Waals surface area (Å²) in [6.45, 7) is 8.71. The van der Waals surface area contributed by atoms with E-state index in [0.717, 1.165) is 28.3 Å². The van der Waals surface area contributed by atoms with Gasteiger partial charge >= 0.3 is 0 Å². The zero-order valence-corrected chi connectivity index (χ0v) is 18.2. The van der Waals surface area contributed by atoms with Gasteiger partial charge in [0, 0.05) is 16.8 Å². The molecule has 0 spiro atoms. The Morgan fingerprint density at radius 1 is 0.933 bits per heavy atom.